The maximum Gasteiger partial charge on any atom is 0.220 e. The van der Waals surface area contributed by atoms with Crippen LogP contribution in [0.3, 0.4) is 0 Å². The van der Waals surface area contributed by atoms with E-state index in [1.165, 1.54) is 16.7 Å². The minimum atomic E-state index is -0.0846. The van der Waals surface area contributed by atoms with Gasteiger partial charge in [0.25, 0.3) is 0 Å². The zero-order chi connectivity index (χ0) is 13.7. The summed E-state index contributed by atoms with van der Waals surface area (Å²) in [6, 6.07) is 6.27. The molecule has 5 N–H and O–H groups in total. The number of nitrogens with zero attached hydrogens (tertiary/aromatic N) is 2. The van der Waals surface area contributed by atoms with Gasteiger partial charge in [0.05, 0.1) is 0 Å². The molecule has 5 nitrogen and oxygen atoms in total. The molecule has 0 heterocycles. The number of aryl methyl sites for hydroxylation is 1. The average molecular weight is 247 g/mol. The van der Waals surface area contributed by atoms with E-state index in [1.807, 2.05) is 0 Å². The minimum absolute atomic E-state index is 0.0836. The summed E-state index contributed by atoms with van der Waals surface area (Å²) in [4.78, 5) is 5.43. The molecule has 0 bridgehead atoms. The molecule has 1 rings (SSSR count). The third kappa shape index (κ3) is 3.76. The van der Waals surface area contributed by atoms with Gasteiger partial charge in [0.15, 0.2) is 5.96 Å². The zero-order valence-electron chi connectivity index (χ0n) is 11.2. The topological polar surface area (TPSA) is 91.5 Å². The molecule has 0 spiro atoms. The monoisotopic (exact) mass is 247 g/mol. The van der Waals surface area contributed by atoms with Gasteiger partial charge in [-0.3, -0.25) is 5.41 Å². The van der Waals surface area contributed by atoms with Crippen LogP contribution in [-0.4, -0.2) is 30.4 Å². The summed E-state index contributed by atoms with van der Waals surface area (Å²) in [5.41, 5.74) is 14.4. The highest BCUT2D eigenvalue weighted by molar-refractivity contribution is 5.91. The van der Waals surface area contributed by atoms with Crippen LogP contribution in [0.4, 0.5) is 0 Å². The summed E-state index contributed by atoms with van der Waals surface area (Å²) in [7, 11) is 1.81. The Morgan fingerprint density at radius 3 is 2.61 bits per heavy atom. The van der Waals surface area contributed by atoms with Gasteiger partial charge in [0.2, 0.25) is 5.96 Å². The first-order valence-corrected chi connectivity index (χ1v) is 5.86. The van der Waals surface area contributed by atoms with Gasteiger partial charge in [-0.1, -0.05) is 18.2 Å². The predicted octanol–water partition coefficient (Wildman–Crippen LogP) is 0.986. The van der Waals surface area contributed by atoms with Crippen molar-refractivity contribution in [1.29, 1.82) is 5.41 Å². The smallest absolute Gasteiger partial charge is 0.220 e. The molecule has 0 fully saturated rings. The van der Waals surface area contributed by atoms with Gasteiger partial charge in [-0.2, -0.15) is 4.99 Å². The highest BCUT2D eigenvalue weighted by atomic mass is 15.2. The summed E-state index contributed by atoms with van der Waals surface area (Å²) >= 11 is 0. The molecule has 0 saturated carbocycles. The number of likely N-dealkylation sites (N-methyl/N-ethyl adjacent to an activating group) is 1. The van der Waals surface area contributed by atoms with Crippen LogP contribution in [0.5, 0.6) is 0 Å². The third-order valence-corrected chi connectivity index (χ3v) is 3.03. The number of hydrogen-bond donors (Lipinski definition) is 3. The second-order valence-corrected chi connectivity index (χ2v) is 4.39. The number of nitrogens with two attached hydrogens (primary N) is 2. The van der Waals surface area contributed by atoms with Crippen LogP contribution in [0.1, 0.15) is 16.7 Å². The Balaban J connectivity index is 2.63. The number of benzene rings is 1. The molecule has 0 aromatic heterocycles. The van der Waals surface area contributed by atoms with Crippen LogP contribution in [0.25, 0.3) is 0 Å². The van der Waals surface area contributed by atoms with E-state index in [4.69, 9.17) is 16.9 Å². The lowest BCUT2D eigenvalue weighted by atomic mass is 10.0. The van der Waals surface area contributed by atoms with Crippen molar-refractivity contribution in [1.82, 2.24) is 4.90 Å². The summed E-state index contributed by atoms with van der Waals surface area (Å²) in [6.45, 7) is 4.93. The summed E-state index contributed by atoms with van der Waals surface area (Å²) in [5, 5.41) is 7.67. The Labute approximate surface area is 108 Å². The lowest BCUT2D eigenvalue weighted by molar-refractivity contribution is 0.499. The average Bonchev–Trinajstić information content (AvgIpc) is 2.29. The Kier molecular flexibility index (Phi) is 4.71. The number of hydrogen-bond acceptors (Lipinski definition) is 1. The molecule has 98 valence electrons. The minimum Gasteiger partial charge on any atom is -0.370 e. The van der Waals surface area contributed by atoms with Crippen LogP contribution in [-0.2, 0) is 6.42 Å². The zero-order valence-corrected chi connectivity index (χ0v) is 11.2. The number of aliphatic imine (C=N–C) groups is 1. The van der Waals surface area contributed by atoms with Crippen LogP contribution in [0, 0.1) is 19.3 Å². The fourth-order valence-corrected chi connectivity index (χ4v) is 1.68. The first kappa shape index (κ1) is 14.0. The molecule has 0 aliphatic heterocycles. The molecular weight excluding hydrogens is 226 g/mol. The van der Waals surface area contributed by atoms with Gasteiger partial charge in [-0.15, -0.1) is 0 Å². The van der Waals surface area contributed by atoms with Crippen molar-refractivity contribution in [2.75, 3.05) is 13.6 Å². The van der Waals surface area contributed by atoms with E-state index in [-0.39, 0.29) is 11.9 Å². The van der Waals surface area contributed by atoms with Crippen molar-refractivity contribution >= 4 is 11.9 Å². The van der Waals surface area contributed by atoms with Gasteiger partial charge in [0, 0.05) is 13.6 Å². The highest BCUT2D eigenvalue weighted by Gasteiger charge is 2.06. The quantitative estimate of drug-likeness (QED) is 0.549. The molecule has 5 heteroatoms. The Bertz CT molecular complexity index is 460. The largest absolute Gasteiger partial charge is 0.370 e. The van der Waals surface area contributed by atoms with E-state index < -0.39 is 0 Å². The Morgan fingerprint density at radius 2 is 2.00 bits per heavy atom. The molecular formula is C13H21N5. The predicted molar refractivity (Wildman–Crippen MR) is 75.8 cm³/mol. The van der Waals surface area contributed by atoms with Crippen molar-refractivity contribution < 1.29 is 0 Å². The van der Waals surface area contributed by atoms with Gasteiger partial charge in [0.1, 0.15) is 0 Å². The van der Waals surface area contributed by atoms with E-state index in [9.17, 15) is 0 Å². The first-order valence-electron chi connectivity index (χ1n) is 5.86. The molecule has 0 radical (unpaired) electrons. The lowest BCUT2D eigenvalue weighted by Gasteiger charge is -2.17. The van der Waals surface area contributed by atoms with Crippen LogP contribution >= 0.6 is 0 Å². The molecule has 0 amide bonds. The standard InChI is InChI=1S/C13H21N5/c1-9-5-4-6-11(10(9)2)7-8-18(3)13(16)17-12(14)15/h4-6H,7-8H2,1-3H3,(H5,14,15,16,17). The van der Waals surface area contributed by atoms with Gasteiger partial charge in [-0.05, 0) is 37.0 Å². The number of nitrogens with one attached hydrogen (secondary N) is 1. The normalized spacial score (nSPS) is 9.94. The van der Waals surface area contributed by atoms with E-state index in [0.29, 0.717) is 6.54 Å². The molecule has 0 unspecified atom stereocenters. The van der Waals surface area contributed by atoms with Crippen LogP contribution in [0.2, 0.25) is 0 Å². The number of guanidine groups is 2. The van der Waals surface area contributed by atoms with E-state index in [1.54, 1.807) is 11.9 Å². The fraction of sp³-hybridized carbons (Fsp3) is 0.385. The number of rotatable bonds is 3. The fourth-order valence-electron chi connectivity index (χ4n) is 1.68. The first-order chi connectivity index (χ1) is 8.41. The summed E-state index contributed by atoms with van der Waals surface area (Å²) in [5.74, 6) is -0.00103. The van der Waals surface area contributed by atoms with Crippen LogP contribution < -0.4 is 11.5 Å². The van der Waals surface area contributed by atoms with Crippen molar-refractivity contribution in [3.8, 4) is 0 Å². The molecule has 0 saturated heterocycles. The Morgan fingerprint density at radius 1 is 1.33 bits per heavy atom. The van der Waals surface area contributed by atoms with E-state index >= 15 is 0 Å². The van der Waals surface area contributed by atoms with Crippen molar-refractivity contribution in [2.45, 2.75) is 20.3 Å². The van der Waals surface area contributed by atoms with Crippen molar-refractivity contribution in [3.63, 3.8) is 0 Å². The van der Waals surface area contributed by atoms with Gasteiger partial charge in [-0.25, -0.2) is 0 Å². The van der Waals surface area contributed by atoms with Gasteiger partial charge < -0.3 is 16.4 Å². The Hall–Kier alpha value is -2.04. The van der Waals surface area contributed by atoms with Crippen molar-refractivity contribution in [3.05, 3.63) is 34.9 Å². The lowest BCUT2D eigenvalue weighted by Crippen LogP contribution is -2.31. The second-order valence-electron chi connectivity index (χ2n) is 4.39. The van der Waals surface area contributed by atoms with E-state index in [2.05, 4.69) is 37.0 Å². The van der Waals surface area contributed by atoms with E-state index in [0.717, 1.165) is 6.42 Å². The highest BCUT2D eigenvalue weighted by Crippen LogP contribution is 2.13. The molecule has 1 aromatic rings. The maximum absolute atomic E-state index is 7.67. The van der Waals surface area contributed by atoms with Crippen molar-refractivity contribution in [2.24, 2.45) is 16.5 Å². The molecule has 0 aliphatic rings. The maximum atomic E-state index is 7.67. The molecule has 0 aliphatic carbocycles. The van der Waals surface area contributed by atoms with Gasteiger partial charge >= 0.3 is 0 Å². The third-order valence-electron chi connectivity index (χ3n) is 3.03. The SMILES string of the molecule is Cc1cccc(CCN(C)C(=N)N=C(N)N)c1C. The summed E-state index contributed by atoms with van der Waals surface area (Å²) in [6.07, 6.45) is 0.867. The second kappa shape index (κ2) is 6.05. The molecule has 1 aromatic carbocycles. The van der Waals surface area contributed by atoms with Crippen LogP contribution in [0.15, 0.2) is 23.2 Å². The summed E-state index contributed by atoms with van der Waals surface area (Å²) < 4.78 is 0. The molecule has 0 atom stereocenters. The molecule has 18 heavy (non-hydrogen) atoms.